The fourth-order valence-corrected chi connectivity index (χ4v) is 4.64. The van der Waals surface area contributed by atoms with Crippen molar-refractivity contribution < 1.29 is 9.59 Å². The number of imide groups is 1. The number of hydrogen-bond acceptors (Lipinski definition) is 3. The lowest BCUT2D eigenvalue weighted by Gasteiger charge is -2.29. The zero-order valence-corrected chi connectivity index (χ0v) is 18.3. The zero-order valence-electron chi connectivity index (χ0n) is 18.3. The van der Waals surface area contributed by atoms with E-state index in [4.69, 9.17) is 0 Å². The van der Waals surface area contributed by atoms with E-state index < -0.39 is 0 Å². The van der Waals surface area contributed by atoms with Gasteiger partial charge < -0.3 is 4.90 Å². The van der Waals surface area contributed by atoms with Crippen molar-refractivity contribution in [2.75, 3.05) is 9.80 Å². The maximum atomic E-state index is 13.5. The van der Waals surface area contributed by atoms with Crippen molar-refractivity contribution in [1.29, 1.82) is 0 Å². The summed E-state index contributed by atoms with van der Waals surface area (Å²) in [5.74, 6) is -0.616. The first-order valence-corrected chi connectivity index (χ1v) is 11.1. The van der Waals surface area contributed by atoms with Crippen molar-refractivity contribution in [1.82, 2.24) is 0 Å². The molecule has 1 aliphatic heterocycles. The second-order valence-electron chi connectivity index (χ2n) is 8.18. The lowest BCUT2D eigenvalue weighted by Crippen LogP contribution is -2.40. The number of carbonyl (C=O) groups excluding carboxylic acids is 2. The smallest absolute Gasteiger partial charge is 0.265 e. The summed E-state index contributed by atoms with van der Waals surface area (Å²) in [5.41, 5.74) is 4.44. The molecule has 0 bridgehead atoms. The molecule has 0 saturated carbocycles. The van der Waals surface area contributed by atoms with Crippen LogP contribution in [-0.2, 0) is 0 Å². The van der Waals surface area contributed by atoms with Crippen LogP contribution < -0.4 is 9.80 Å². The van der Waals surface area contributed by atoms with E-state index in [1.54, 1.807) is 12.1 Å². The molecule has 162 valence electrons. The Balaban J connectivity index is 1.49. The Morgan fingerprint density at radius 1 is 0.500 bits per heavy atom. The third-order valence-electron chi connectivity index (χ3n) is 6.15. The Labute approximate surface area is 197 Å². The first-order chi connectivity index (χ1) is 16.7. The van der Waals surface area contributed by atoms with Crippen LogP contribution in [0.3, 0.4) is 0 Å². The summed E-state index contributed by atoms with van der Waals surface area (Å²) in [4.78, 5) is 30.4. The van der Waals surface area contributed by atoms with Crippen molar-refractivity contribution in [3.63, 3.8) is 0 Å². The highest BCUT2D eigenvalue weighted by Crippen LogP contribution is 2.38. The van der Waals surface area contributed by atoms with Gasteiger partial charge in [0, 0.05) is 33.6 Å². The van der Waals surface area contributed by atoms with Crippen molar-refractivity contribution in [3.8, 4) is 0 Å². The molecule has 0 spiro atoms. The number of benzene rings is 5. The minimum Gasteiger partial charge on any atom is -0.310 e. The van der Waals surface area contributed by atoms with Crippen LogP contribution in [0.4, 0.5) is 22.7 Å². The van der Waals surface area contributed by atoms with Gasteiger partial charge in [-0.25, -0.2) is 4.90 Å². The number of anilines is 4. The van der Waals surface area contributed by atoms with Gasteiger partial charge in [0.15, 0.2) is 0 Å². The molecule has 0 saturated heterocycles. The summed E-state index contributed by atoms with van der Waals surface area (Å²) in [5, 5.41) is 1.62. The summed E-state index contributed by atoms with van der Waals surface area (Å²) in [6.45, 7) is 0. The number of amides is 2. The fourth-order valence-electron chi connectivity index (χ4n) is 4.64. The van der Waals surface area contributed by atoms with E-state index in [0.29, 0.717) is 16.8 Å². The number of rotatable bonds is 4. The lowest BCUT2D eigenvalue weighted by molar-refractivity contribution is 0.0893. The van der Waals surface area contributed by atoms with Gasteiger partial charge in [0.2, 0.25) is 0 Å². The monoisotopic (exact) mass is 440 g/mol. The molecular formula is C30H20N2O2. The highest BCUT2D eigenvalue weighted by molar-refractivity contribution is 6.35. The Kier molecular flexibility index (Phi) is 4.70. The van der Waals surface area contributed by atoms with Gasteiger partial charge in [0.1, 0.15) is 0 Å². The SMILES string of the molecule is O=C1c2cccc3cccc(c23)C(=O)N1c1cccc(N(c2ccccc2)c2ccccc2)c1. The molecule has 1 aliphatic rings. The molecule has 0 unspecified atom stereocenters. The topological polar surface area (TPSA) is 40.6 Å². The maximum absolute atomic E-state index is 13.5. The van der Waals surface area contributed by atoms with Gasteiger partial charge in [-0.3, -0.25) is 9.59 Å². The highest BCUT2D eigenvalue weighted by Gasteiger charge is 2.34. The molecule has 0 aliphatic carbocycles. The Morgan fingerprint density at radius 3 is 1.56 bits per heavy atom. The van der Waals surface area contributed by atoms with Gasteiger partial charge in [-0.05, 0) is 60.0 Å². The molecule has 0 fully saturated rings. The molecule has 5 aromatic rings. The molecule has 2 amide bonds. The predicted octanol–water partition coefficient (Wildman–Crippen LogP) is 7.11. The number of carbonyl (C=O) groups is 2. The van der Waals surface area contributed by atoms with Gasteiger partial charge in [0.05, 0.1) is 5.69 Å². The summed E-state index contributed by atoms with van der Waals surface area (Å²) < 4.78 is 0. The van der Waals surface area contributed by atoms with Crippen LogP contribution in [-0.4, -0.2) is 11.8 Å². The number of para-hydroxylation sites is 2. The van der Waals surface area contributed by atoms with Crippen molar-refractivity contribution in [2.45, 2.75) is 0 Å². The Morgan fingerprint density at radius 2 is 1.00 bits per heavy atom. The summed E-state index contributed by atoms with van der Waals surface area (Å²) in [7, 11) is 0. The average molecular weight is 441 g/mol. The molecule has 34 heavy (non-hydrogen) atoms. The van der Waals surface area contributed by atoms with E-state index in [1.165, 1.54) is 4.90 Å². The summed E-state index contributed by atoms with van der Waals surface area (Å²) >= 11 is 0. The van der Waals surface area contributed by atoms with E-state index in [1.807, 2.05) is 109 Å². The third-order valence-corrected chi connectivity index (χ3v) is 6.15. The second kappa shape index (κ2) is 8.01. The van der Waals surface area contributed by atoms with Crippen LogP contribution in [0.2, 0.25) is 0 Å². The predicted molar refractivity (Wildman–Crippen MR) is 136 cm³/mol. The van der Waals surface area contributed by atoms with Crippen LogP contribution in [0.5, 0.6) is 0 Å². The van der Waals surface area contributed by atoms with Gasteiger partial charge in [-0.2, -0.15) is 0 Å². The van der Waals surface area contributed by atoms with Crippen LogP contribution in [0.15, 0.2) is 121 Å². The van der Waals surface area contributed by atoms with Crippen molar-refractivity contribution >= 4 is 45.3 Å². The maximum Gasteiger partial charge on any atom is 0.265 e. The molecule has 1 heterocycles. The molecule has 0 aromatic heterocycles. The molecule has 0 radical (unpaired) electrons. The van der Waals surface area contributed by atoms with Crippen LogP contribution >= 0.6 is 0 Å². The third kappa shape index (κ3) is 3.16. The highest BCUT2D eigenvalue weighted by atomic mass is 16.2. The fraction of sp³-hybridized carbons (Fsp3) is 0. The normalized spacial score (nSPS) is 12.8. The second-order valence-corrected chi connectivity index (χ2v) is 8.18. The molecule has 6 rings (SSSR count). The van der Waals surface area contributed by atoms with Crippen molar-refractivity contribution in [2.24, 2.45) is 0 Å². The lowest BCUT2D eigenvalue weighted by atomic mass is 9.94. The van der Waals surface area contributed by atoms with Crippen LogP contribution in [0, 0.1) is 0 Å². The minimum atomic E-state index is -0.308. The molecule has 4 nitrogen and oxygen atoms in total. The van der Waals surface area contributed by atoms with E-state index in [2.05, 4.69) is 4.90 Å². The molecule has 5 aromatic carbocycles. The summed E-state index contributed by atoms with van der Waals surface area (Å²) in [6.07, 6.45) is 0. The molecule has 0 N–H and O–H groups in total. The molecular weight excluding hydrogens is 420 g/mol. The van der Waals surface area contributed by atoms with Gasteiger partial charge >= 0.3 is 0 Å². The Hall–Kier alpha value is -4.70. The molecule has 4 heteroatoms. The minimum absolute atomic E-state index is 0.308. The average Bonchev–Trinajstić information content (AvgIpc) is 2.89. The Bertz CT molecular complexity index is 1450. The van der Waals surface area contributed by atoms with E-state index in [9.17, 15) is 9.59 Å². The van der Waals surface area contributed by atoms with E-state index >= 15 is 0 Å². The van der Waals surface area contributed by atoms with Gasteiger partial charge in [-0.15, -0.1) is 0 Å². The van der Waals surface area contributed by atoms with Crippen LogP contribution in [0.25, 0.3) is 10.8 Å². The standard InChI is InChI=1S/C30H20N2O2/c33-29-26-18-7-10-21-11-8-19-27(28(21)26)30(34)32(29)25-17-9-16-24(20-25)31(22-12-3-1-4-13-22)23-14-5-2-6-15-23/h1-20H. The van der Waals surface area contributed by atoms with Crippen LogP contribution in [0.1, 0.15) is 20.7 Å². The van der Waals surface area contributed by atoms with Crippen molar-refractivity contribution in [3.05, 3.63) is 132 Å². The first kappa shape index (κ1) is 19.9. The van der Waals surface area contributed by atoms with E-state index in [0.717, 1.165) is 27.8 Å². The zero-order chi connectivity index (χ0) is 23.1. The van der Waals surface area contributed by atoms with E-state index in [-0.39, 0.29) is 11.8 Å². The number of nitrogens with zero attached hydrogens (tertiary/aromatic N) is 2. The quantitative estimate of drug-likeness (QED) is 0.280. The molecule has 0 atom stereocenters. The first-order valence-electron chi connectivity index (χ1n) is 11.1. The number of hydrogen-bond donors (Lipinski definition) is 0. The summed E-state index contributed by atoms with van der Waals surface area (Å²) in [6, 6.07) is 38.8. The van der Waals surface area contributed by atoms with Gasteiger partial charge in [-0.1, -0.05) is 66.7 Å². The largest absolute Gasteiger partial charge is 0.310 e. The van der Waals surface area contributed by atoms with Gasteiger partial charge in [0.25, 0.3) is 11.8 Å².